The van der Waals surface area contributed by atoms with Crippen LogP contribution in [0, 0.1) is 12.7 Å². The fourth-order valence-corrected chi connectivity index (χ4v) is 4.18. The average molecular weight is 475 g/mol. The number of nitrogens with one attached hydrogen (secondary N) is 1. The molecule has 34 heavy (non-hydrogen) atoms. The predicted molar refractivity (Wildman–Crippen MR) is 129 cm³/mol. The van der Waals surface area contributed by atoms with Crippen molar-refractivity contribution in [2.45, 2.75) is 19.9 Å². The summed E-state index contributed by atoms with van der Waals surface area (Å²) in [4.78, 5) is 19.4. The van der Waals surface area contributed by atoms with Gasteiger partial charge in [-0.1, -0.05) is 41.0 Å². The molecule has 0 saturated carbocycles. The number of benzene rings is 3. The summed E-state index contributed by atoms with van der Waals surface area (Å²) >= 11 is 6.00. The van der Waals surface area contributed by atoms with Crippen LogP contribution < -0.4 is 10.2 Å². The summed E-state index contributed by atoms with van der Waals surface area (Å²) in [6, 6.07) is 19.8. The number of allylic oxidation sites excluding steroid dienone is 1. The van der Waals surface area contributed by atoms with Gasteiger partial charge in [0.25, 0.3) is 5.89 Å². The number of amides is 2. The highest BCUT2D eigenvalue weighted by Crippen LogP contribution is 2.39. The van der Waals surface area contributed by atoms with Gasteiger partial charge >= 0.3 is 6.03 Å². The second-order valence-electron chi connectivity index (χ2n) is 8.04. The topological polar surface area (TPSA) is 71.3 Å². The SMILES string of the molecule is CC1=C(c2nc(-c3ccc(Cl)cc3)no2)C(c2ccc(F)cc2)NC(=O)N1c1cccc(C)c1. The van der Waals surface area contributed by atoms with E-state index in [-0.39, 0.29) is 17.7 Å². The van der Waals surface area contributed by atoms with Crippen LogP contribution >= 0.6 is 11.6 Å². The highest BCUT2D eigenvalue weighted by atomic mass is 35.5. The lowest BCUT2D eigenvalue weighted by Gasteiger charge is -2.35. The number of aromatic nitrogens is 2. The van der Waals surface area contributed by atoms with Gasteiger partial charge in [-0.25, -0.2) is 9.18 Å². The number of hydrogen-bond donors (Lipinski definition) is 1. The summed E-state index contributed by atoms with van der Waals surface area (Å²) in [7, 11) is 0. The lowest BCUT2D eigenvalue weighted by molar-refractivity contribution is 0.244. The Labute approximate surface area is 200 Å². The first-order chi connectivity index (χ1) is 16.4. The number of hydrogen-bond acceptors (Lipinski definition) is 4. The molecule has 1 unspecified atom stereocenters. The molecule has 6 nitrogen and oxygen atoms in total. The molecule has 1 aliphatic heterocycles. The van der Waals surface area contributed by atoms with Crippen molar-refractivity contribution in [2.24, 2.45) is 0 Å². The standard InChI is InChI=1S/C26H20ClFN4O2/c1-15-4-3-5-21(14-15)32-16(2)22(23(29-26(32)33)17-8-12-20(28)13-9-17)25-30-24(31-34-25)18-6-10-19(27)11-7-18/h3-14,23H,1-2H3,(H,29,33). The zero-order chi connectivity index (χ0) is 23.8. The van der Waals surface area contributed by atoms with E-state index < -0.39 is 6.04 Å². The summed E-state index contributed by atoms with van der Waals surface area (Å²) < 4.78 is 19.3. The van der Waals surface area contributed by atoms with Crippen molar-refractivity contribution in [1.29, 1.82) is 0 Å². The molecule has 5 rings (SSSR count). The average Bonchev–Trinajstić information content (AvgIpc) is 3.29. The Kier molecular flexibility index (Phi) is 5.63. The first-order valence-electron chi connectivity index (χ1n) is 10.6. The van der Waals surface area contributed by atoms with Crippen LogP contribution in [0.1, 0.15) is 30.0 Å². The van der Waals surface area contributed by atoms with Gasteiger partial charge in [-0.05, 0) is 73.5 Å². The maximum Gasteiger partial charge on any atom is 0.326 e. The molecule has 0 spiro atoms. The van der Waals surface area contributed by atoms with Gasteiger partial charge in [-0.2, -0.15) is 4.98 Å². The Bertz CT molecular complexity index is 1400. The maximum atomic E-state index is 13.6. The van der Waals surface area contributed by atoms with E-state index in [0.29, 0.717) is 33.4 Å². The molecule has 4 aromatic rings. The molecular weight excluding hydrogens is 455 g/mol. The smallest absolute Gasteiger partial charge is 0.326 e. The molecular formula is C26H20ClFN4O2. The van der Waals surface area contributed by atoms with Crippen LogP contribution in [0.4, 0.5) is 14.9 Å². The van der Waals surface area contributed by atoms with Crippen LogP contribution in [0.3, 0.4) is 0 Å². The van der Waals surface area contributed by atoms with Crippen molar-refractivity contribution in [3.05, 3.63) is 106 Å². The molecule has 8 heteroatoms. The minimum Gasteiger partial charge on any atom is -0.334 e. The van der Waals surface area contributed by atoms with Crippen molar-refractivity contribution < 1.29 is 13.7 Å². The Morgan fingerprint density at radius 1 is 1.03 bits per heavy atom. The lowest BCUT2D eigenvalue weighted by Crippen LogP contribution is -2.46. The first-order valence-corrected chi connectivity index (χ1v) is 11.0. The number of anilines is 1. The second kappa shape index (κ2) is 8.76. The van der Waals surface area contributed by atoms with Gasteiger partial charge in [-0.3, -0.25) is 4.90 Å². The Morgan fingerprint density at radius 2 is 1.76 bits per heavy atom. The molecule has 170 valence electrons. The lowest BCUT2D eigenvalue weighted by atomic mass is 9.94. The van der Waals surface area contributed by atoms with Crippen LogP contribution in [-0.2, 0) is 0 Å². The van der Waals surface area contributed by atoms with E-state index in [1.54, 1.807) is 41.3 Å². The fourth-order valence-electron chi connectivity index (χ4n) is 4.05. The van der Waals surface area contributed by atoms with Gasteiger partial charge in [0.1, 0.15) is 5.82 Å². The van der Waals surface area contributed by atoms with Gasteiger partial charge in [0.05, 0.1) is 17.3 Å². The van der Waals surface area contributed by atoms with E-state index >= 15 is 0 Å². The molecule has 2 amide bonds. The molecule has 1 aromatic heterocycles. The summed E-state index contributed by atoms with van der Waals surface area (Å²) in [5, 5.41) is 7.76. The fraction of sp³-hybridized carbons (Fsp3) is 0.115. The Hall–Kier alpha value is -3.97. The minimum atomic E-state index is -0.604. The highest BCUT2D eigenvalue weighted by molar-refractivity contribution is 6.30. The van der Waals surface area contributed by atoms with E-state index in [1.807, 2.05) is 38.1 Å². The summed E-state index contributed by atoms with van der Waals surface area (Å²) in [5.74, 6) is 0.288. The molecule has 1 N–H and O–H groups in total. The molecule has 0 fully saturated rings. The Morgan fingerprint density at radius 3 is 2.47 bits per heavy atom. The zero-order valence-electron chi connectivity index (χ0n) is 18.4. The van der Waals surface area contributed by atoms with E-state index in [9.17, 15) is 9.18 Å². The van der Waals surface area contributed by atoms with E-state index in [0.717, 1.165) is 11.1 Å². The third-order valence-corrected chi connectivity index (χ3v) is 5.96. The van der Waals surface area contributed by atoms with Crippen LogP contribution in [0.2, 0.25) is 5.02 Å². The molecule has 1 atom stereocenters. The number of halogens is 2. The highest BCUT2D eigenvalue weighted by Gasteiger charge is 2.36. The molecule has 0 aliphatic carbocycles. The first kappa shape index (κ1) is 21.9. The molecule has 2 heterocycles. The minimum absolute atomic E-state index is 0.259. The third kappa shape index (κ3) is 4.06. The van der Waals surface area contributed by atoms with E-state index in [2.05, 4.69) is 15.5 Å². The molecule has 1 aliphatic rings. The van der Waals surface area contributed by atoms with Gasteiger partial charge < -0.3 is 9.84 Å². The van der Waals surface area contributed by atoms with Crippen molar-refractivity contribution in [1.82, 2.24) is 15.5 Å². The van der Waals surface area contributed by atoms with E-state index in [4.69, 9.17) is 16.1 Å². The van der Waals surface area contributed by atoms with E-state index in [1.165, 1.54) is 12.1 Å². The van der Waals surface area contributed by atoms with Gasteiger partial charge in [0.15, 0.2) is 0 Å². The number of carbonyl (C=O) groups excluding carboxylic acids is 1. The van der Waals surface area contributed by atoms with Gasteiger partial charge in [0, 0.05) is 16.3 Å². The molecule has 0 saturated heterocycles. The molecule has 3 aromatic carbocycles. The van der Waals surface area contributed by atoms with Crippen LogP contribution in [0.25, 0.3) is 17.0 Å². The summed E-state index contributed by atoms with van der Waals surface area (Å²) in [6.07, 6.45) is 0. The number of aryl methyl sites for hydroxylation is 1. The number of carbonyl (C=O) groups is 1. The zero-order valence-corrected chi connectivity index (χ0v) is 19.2. The van der Waals surface area contributed by atoms with Crippen molar-refractivity contribution in [3.8, 4) is 11.4 Å². The maximum absolute atomic E-state index is 13.6. The van der Waals surface area contributed by atoms with Crippen LogP contribution in [0.15, 0.2) is 83.0 Å². The Balaban J connectivity index is 1.65. The van der Waals surface area contributed by atoms with Gasteiger partial charge in [0.2, 0.25) is 5.82 Å². The van der Waals surface area contributed by atoms with Crippen molar-refractivity contribution in [3.63, 3.8) is 0 Å². The number of nitrogens with zero attached hydrogens (tertiary/aromatic N) is 3. The monoisotopic (exact) mass is 474 g/mol. The quantitative estimate of drug-likeness (QED) is 0.364. The van der Waals surface area contributed by atoms with Crippen molar-refractivity contribution >= 4 is 28.9 Å². The largest absolute Gasteiger partial charge is 0.334 e. The number of rotatable bonds is 4. The molecule has 0 radical (unpaired) electrons. The van der Waals surface area contributed by atoms with Gasteiger partial charge in [-0.15, -0.1) is 0 Å². The van der Waals surface area contributed by atoms with Crippen LogP contribution in [0.5, 0.6) is 0 Å². The third-order valence-electron chi connectivity index (χ3n) is 5.71. The van der Waals surface area contributed by atoms with Crippen molar-refractivity contribution in [2.75, 3.05) is 4.90 Å². The molecule has 0 bridgehead atoms. The number of urea groups is 1. The predicted octanol–water partition coefficient (Wildman–Crippen LogP) is 6.54. The summed E-state index contributed by atoms with van der Waals surface area (Å²) in [5.41, 5.74) is 4.42. The van der Waals surface area contributed by atoms with Crippen LogP contribution in [-0.4, -0.2) is 16.2 Å². The normalized spacial score (nSPS) is 16.1. The summed E-state index contributed by atoms with van der Waals surface area (Å²) in [6.45, 7) is 3.79. The second-order valence-corrected chi connectivity index (χ2v) is 8.47.